The molecule has 8 nitrogen and oxygen atoms in total. The number of carbonyl (C=O) groups excluding carboxylic acids is 4. The van der Waals surface area contributed by atoms with Crippen LogP contribution in [0.5, 0.6) is 0 Å². The van der Waals surface area contributed by atoms with Gasteiger partial charge in [-0.2, -0.15) is 0 Å². The maximum Gasteiger partial charge on any atom is 0.261 e. The summed E-state index contributed by atoms with van der Waals surface area (Å²) in [7, 11) is 0. The zero-order valence-electron chi connectivity index (χ0n) is 15.3. The molecule has 0 radical (unpaired) electrons. The van der Waals surface area contributed by atoms with Crippen LogP contribution in [-0.4, -0.2) is 57.5 Å². The number of carbonyl (C=O) groups is 4. The highest BCUT2D eigenvalue weighted by atomic mass is 79.9. The number of aromatic nitrogens is 1. The molecule has 4 amide bonds. The smallest absolute Gasteiger partial charge is 0.261 e. The van der Waals surface area contributed by atoms with Crippen LogP contribution in [0, 0.1) is 0 Å². The molecule has 3 heterocycles. The fraction of sp³-hybridized carbons (Fsp3) is 0.316. The number of hydrogen-bond acceptors (Lipinski definition) is 6. The fourth-order valence-electron chi connectivity index (χ4n) is 3.63. The van der Waals surface area contributed by atoms with Crippen molar-refractivity contribution in [1.29, 1.82) is 0 Å². The van der Waals surface area contributed by atoms with Crippen molar-refractivity contribution in [3.8, 4) is 0 Å². The first kappa shape index (κ1) is 19.7. The van der Waals surface area contributed by atoms with Gasteiger partial charge >= 0.3 is 0 Å². The summed E-state index contributed by atoms with van der Waals surface area (Å²) in [5.41, 5.74) is 0.672. The van der Waals surface area contributed by atoms with Gasteiger partial charge in [0, 0.05) is 35.6 Å². The van der Waals surface area contributed by atoms with Crippen LogP contribution in [0.3, 0.4) is 0 Å². The van der Waals surface area contributed by atoms with Gasteiger partial charge in [0.2, 0.25) is 11.8 Å². The molecule has 4 rings (SSSR count). The van der Waals surface area contributed by atoms with Crippen LogP contribution in [0.15, 0.2) is 34.2 Å². The Labute approximate surface area is 179 Å². The molecule has 1 N–H and O–H groups in total. The Bertz CT molecular complexity index is 994. The quantitative estimate of drug-likeness (QED) is 0.668. The maximum absolute atomic E-state index is 12.7. The highest BCUT2D eigenvalue weighted by molar-refractivity contribution is 9.10. The number of thiazole rings is 1. The minimum absolute atomic E-state index is 0.0138. The van der Waals surface area contributed by atoms with Gasteiger partial charge in [-0.3, -0.25) is 24.1 Å². The average molecular weight is 477 g/mol. The van der Waals surface area contributed by atoms with Crippen LogP contribution in [0.2, 0.25) is 0 Å². The Morgan fingerprint density at radius 2 is 2.03 bits per heavy atom. The summed E-state index contributed by atoms with van der Waals surface area (Å²) < 4.78 is 0.710. The molecule has 2 aliphatic heterocycles. The molecule has 2 aromatic rings. The van der Waals surface area contributed by atoms with E-state index in [2.05, 4.69) is 26.2 Å². The minimum Gasteiger partial charge on any atom is -0.331 e. The second-order valence-corrected chi connectivity index (χ2v) is 8.58. The predicted molar refractivity (Wildman–Crippen MR) is 110 cm³/mol. The predicted octanol–water partition coefficient (Wildman–Crippen LogP) is 2.52. The Balaban J connectivity index is 1.39. The van der Waals surface area contributed by atoms with Crippen LogP contribution in [0.25, 0.3) is 0 Å². The number of benzene rings is 1. The van der Waals surface area contributed by atoms with Gasteiger partial charge in [0.1, 0.15) is 6.04 Å². The van der Waals surface area contributed by atoms with Crippen molar-refractivity contribution in [3.63, 3.8) is 0 Å². The number of hydrogen-bond donors (Lipinski definition) is 1. The summed E-state index contributed by atoms with van der Waals surface area (Å²) in [5, 5.41) is 4.98. The summed E-state index contributed by atoms with van der Waals surface area (Å²) in [6.45, 7) is 0.462. The molecule has 1 fully saturated rings. The normalized spacial score (nSPS) is 18.3. The summed E-state index contributed by atoms with van der Waals surface area (Å²) in [4.78, 5) is 56.9. The summed E-state index contributed by atoms with van der Waals surface area (Å²) in [6.07, 6.45) is 2.87. The largest absolute Gasteiger partial charge is 0.331 e. The van der Waals surface area contributed by atoms with Gasteiger partial charge in [-0.15, -0.1) is 11.3 Å². The van der Waals surface area contributed by atoms with Crippen molar-refractivity contribution < 1.29 is 19.2 Å². The lowest BCUT2D eigenvalue weighted by Gasteiger charge is -2.24. The molecule has 1 unspecified atom stereocenters. The second kappa shape index (κ2) is 8.03. The van der Waals surface area contributed by atoms with Gasteiger partial charge in [-0.25, -0.2) is 4.98 Å². The summed E-state index contributed by atoms with van der Waals surface area (Å²) in [6, 6.07) is 4.34. The molecular weight excluding hydrogens is 460 g/mol. The van der Waals surface area contributed by atoms with Crippen molar-refractivity contribution in [2.75, 3.05) is 18.4 Å². The standard InChI is InChI=1S/C19H17BrN4O4S/c20-11-3-4-12-13(10-11)18(28)24(17(12)27)8-5-15(25)23-7-1-2-14(23)16(26)22-19-21-6-9-29-19/h3-4,6,9-10,14H,1-2,5,7-8H2,(H,21,22,26). The van der Waals surface area contributed by atoms with E-state index in [4.69, 9.17) is 0 Å². The monoisotopic (exact) mass is 476 g/mol. The topological polar surface area (TPSA) is 99.7 Å². The van der Waals surface area contributed by atoms with E-state index in [1.165, 1.54) is 16.2 Å². The third-order valence-electron chi connectivity index (χ3n) is 5.02. The van der Waals surface area contributed by atoms with Gasteiger partial charge in [0.25, 0.3) is 11.8 Å². The number of fused-ring (bicyclic) bond motifs is 1. The average Bonchev–Trinajstić information content (AvgIpc) is 3.42. The maximum atomic E-state index is 12.7. The van der Waals surface area contributed by atoms with Crippen LogP contribution in [-0.2, 0) is 9.59 Å². The zero-order chi connectivity index (χ0) is 20.5. The van der Waals surface area contributed by atoms with E-state index in [1.54, 1.807) is 29.8 Å². The molecule has 0 bridgehead atoms. The third-order valence-corrected chi connectivity index (χ3v) is 6.20. The highest BCUT2D eigenvalue weighted by Crippen LogP contribution is 2.27. The van der Waals surface area contributed by atoms with Crippen molar-refractivity contribution in [3.05, 3.63) is 45.4 Å². The number of amides is 4. The minimum atomic E-state index is -0.565. The molecule has 29 heavy (non-hydrogen) atoms. The van der Waals surface area contributed by atoms with E-state index in [9.17, 15) is 19.2 Å². The first-order valence-electron chi connectivity index (χ1n) is 9.11. The van der Waals surface area contributed by atoms with E-state index < -0.39 is 17.9 Å². The number of rotatable bonds is 5. The van der Waals surface area contributed by atoms with Gasteiger partial charge in [-0.05, 0) is 31.0 Å². The molecular formula is C19H17BrN4O4S. The Hall–Kier alpha value is -2.59. The van der Waals surface area contributed by atoms with Crippen LogP contribution < -0.4 is 5.32 Å². The molecule has 1 aromatic carbocycles. The number of halogens is 1. The summed E-state index contributed by atoms with van der Waals surface area (Å²) >= 11 is 4.61. The lowest BCUT2D eigenvalue weighted by Crippen LogP contribution is -2.44. The van der Waals surface area contributed by atoms with E-state index >= 15 is 0 Å². The van der Waals surface area contributed by atoms with Crippen LogP contribution in [0.4, 0.5) is 5.13 Å². The molecule has 10 heteroatoms. The molecule has 2 aliphatic rings. The van der Waals surface area contributed by atoms with E-state index in [-0.39, 0.29) is 24.8 Å². The second-order valence-electron chi connectivity index (χ2n) is 6.77. The van der Waals surface area contributed by atoms with Gasteiger partial charge in [0.15, 0.2) is 5.13 Å². The first-order chi connectivity index (χ1) is 14.0. The van der Waals surface area contributed by atoms with Crippen LogP contribution >= 0.6 is 27.3 Å². The molecule has 150 valence electrons. The van der Waals surface area contributed by atoms with Crippen molar-refractivity contribution in [2.45, 2.75) is 25.3 Å². The zero-order valence-corrected chi connectivity index (χ0v) is 17.7. The van der Waals surface area contributed by atoms with E-state index in [0.29, 0.717) is 33.7 Å². The lowest BCUT2D eigenvalue weighted by atomic mass is 10.1. The first-order valence-corrected chi connectivity index (χ1v) is 10.8. The third kappa shape index (κ3) is 3.82. The number of nitrogens with one attached hydrogen (secondary N) is 1. The van der Waals surface area contributed by atoms with Gasteiger partial charge in [-0.1, -0.05) is 15.9 Å². The Morgan fingerprint density at radius 3 is 2.79 bits per heavy atom. The number of imide groups is 1. The molecule has 0 saturated carbocycles. The molecule has 1 saturated heterocycles. The SMILES string of the molecule is O=C(Nc1nccs1)C1CCCN1C(=O)CCN1C(=O)c2ccc(Br)cc2C1=O. The van der Waals surface area contributed by atoms with Gasteiger partial charge < -0.3 is 10.2 Å². The number of anilines is 1. The molecule has 1 aromatic heterocycles. The lowest BCUT2D eigenvalue weighted by molar-refractivity contribution is -0.136. The van der Waals surface area contributed by atoms with Crippen molar-refractivity contribution in [1.82, 2.24) is 14.8 Å². The van der Waals surface area contributed by atoms with Crippen molar-refractivity contribution in [2.24, 2.45) is 0 Å². The Morgan fingerprint density at radius 1 is 1.24 bits per heavy atom. The number of nitrogens with zero attached hydrogens (tertiary/aromatic N) is 3. The van der Waals surface area contributed by atoms with E-state index in [1.807, 2.05) is 0 Å². The summed E-state index contributed by atoms with van der Waals surface area (Å²) in [5.74, 6) is -1.32. The fourth-order valence-corrected chi connectivity index (χ4v) is 4.52. The van der Waals surface area contributed by atoms with E-state index in [0.717, 1.165) is 11.3 Å². The molecule has 0 aliphatic carbocycles. The number of likely N-dealkylation sites (tertiary alicyclic amines) is 1. The van der Waals surface area contributed by atoms with Gasteiger partial charge in [0.05, 0.1) is 11.1 Å². The van der Waals surface area contributed by atoms with Crippen LogP contribution in [0.1, 0.15) is 40.0 Å². The molecule has 1 atom stereocenters. The molecule has 0 spiro atoms. The Kier molecular flexibility index (Phi) is 5.46. The van der Waals surface area contributed by atoms with Crippen molar-refractivity contribution >= 4 is 56.0 Å². The highest BCUT2D eigenvalue weighted by Gasteiger charge is 2.38.